The Kier molecular flexibility index (Phi) is 2.04. The highest BCUT2D eigenvalue weighted by Crippen LogP contribution is 2.32. The molecule has 0 aliphatic carbocycles. The molecule has 1 fully saturated rings. The highest BCUT2D eigenvalue weighted by molar-refractivity contribution is 7.95. The van der Waals surface area contributed by atoms with Crippen molar-refractivity contribution < 1.29 is 4.21 Å². The first-order valence-corrected chi connectivity index (χ1v) is 5.75. The van der Waals surface area contributed by atoms with E-state index in [1.807, 2.05) is 27.7 Å². The maximum absolute atomic E-state index is 12.1. The van der Waals surface area contributed by atoms with E-state index in [4.69, 9.17) is 4.78 Å². The molecule has 1 heterocycles. The van der Waals surface area contributed by atoms with Crippen LogP contribution in [-0.4, -0.2) is 26.8 Å². The van der Waals surface area contributed by atoms with Gasteiger partial charge in [-0.25, -0.2) is 4.21 Å². The molecule has 0 aromatic heterocycles. The maximum Gasteiger partial charge on any atom is 0.0612 e. The van der Waals surface area contributed by atoms with Gasteiger partial charge in [0.25, 0.3) is 0 Å². The van der Waals surface area contributed by atoms with Gasteiger partial charge in [-0.3, -0.25) is 4.78 Å². The van der Waals surface area contributed by atoms with Crippen molar-refractivity contribution in [1.82, 2.24) is 5.32 Å². The van der Waals surface area contributed by atoms with Gasteiger partial charge in [0.1, 0.15) is 0 Å². The smallest absolute Gasteiger partial charge is 0.0612 e. The molecule has 0 radical (unpaired) electrons. The normalized spacial score (nSPS) is 31.3. The van der Waals surface area contributed by atoms with Gasteiger partial charge < -0.3 is 5.32 Å². The molecule has 0 aromatic rings. The number of hydrogen-bond donors (Lipinski definition) is 2. The molecule has 0 spiro atoms. The summed E-state index contributed by atoms with van der Waals surface area (Å²) in [7, 11) is -2.50. The van der Waals surface area contributed by atoms with Crippen LogP contribution in [0.2, 0.25) is 0 Å². The van der Waals surface area contributed by atoms with Crippen LogP contribution < -0.4 is 5.32 Å². The quantitative estimate of drug-likeness (QED) is 0.603. The van der Waals surface area contributed by atoms with Gasteiger partial charge in [0.15, 0.2) is 0 Å². The minimum atomic E-state index is -2.50. The van der Waals surface area contributed by atoms with E-state index in [1.165, 1.54) is 0 Å². The highest BCUT2D eigenvalue weighted by Gasteiger charge is 2.45. The van der Waals surface area contributed by atoms with Crippen LogP contribution in [0.3, 0.4) is 0 Å². The molecule has 3 nitrogen and oxygen atoms in total. The lowest BCUT2D eigenvalue weighted by atomic mass is 10.1. The lowest BCUT2D eigenvalue weighted by Crippen LogP contribution is -2.60. The Balaban J connectivity index is 3.17. The predicted molar refractivity (Wildman–Crippen MR) is 51.9 cm³/mol. The van der Waals surface area contributed by atoms with Crippen molar-refractivity contribution in [3.05, 3.63) is 0 Å². The summed E-state index contributed by atoms with van der Waals surface area (Å²) in [5, 5.41) is 3.22. The van der Waals surface area contributed by atoms with Crippen LogP contribution in [0.25, 0.3) is 0 Å². The van der Waals surface area contributed by atoms with Crippen LogP contribution in [0.5, 0.6) is 0 Å². The first-order chi connectivity index (χ1) is 5.21. The molecule has 4 heteroatoms. The van der Waals surface area contributed by atoms with E-state index in [-0.39, 0.29) is 0 Å². The standard InChI is InChI=1S/C8H18N2OS/c1-7(2)5-10-6-8(3,4)12(7,9)11/h9-10H,5-6H2,1-4H3. The second kappa shape index (κ2) is 2.45. The van der Waals surface area contributed by atoms with Crippen LogP contribution in [0.15, 0.2) is 0 Å². The van der Waals surface area contributed by atoms with Gasteiger partial charge in [0.05, 0.1) is 19.2 Å². The van der Waals surface area contributed by atoms with Crippen molar-refractivity contribution in [2.24, 2.45) is 0 Å². The van der Waals surface area contributed by atoms with Crippen molar-refractivity contribution >= 4 is 9.73 Å². The van der Waals surface area contributed by atoms with Crippen LogP contribution >= 0.6 is 0 Å². The summed E-state index contributed by atoms with van der Waals surface area (Å²) in [5.41, 5.74) is 0. The van der Waals surface area contributed by atoms with Crippen LogP contribution in [0, 0.1) is 4.78 Å². The molecule has 72 valence electrons. The fourth-order valence-corrected chi connectivity index (χ4v) is 3.72. The second-order valence-electron chi connectivity index (χ2n) is 4.68. The summed E-state index contributed by atoms with van der Waals surface area (Å²) >= 11 is 0. The topological polar surface area (TPSA) is 53.0 Å². The van der Waals surface area contributed by atoms with Crippen LogP contribution in [0.1, 0.15) is 27.7 Å². The van der Waals surface area contributed by atoms with Gasteiger partial charge in [-0.1, -0.05) is 0 Å². The van der Waals surface area contributed by atoms with E-state index < -0.39 is 19.2 Å². The summed E-state index contributed by atoms with van der Waals surface area (Å²) < 4.78 is 19.2. The molecule has 0 amide bonds. The first-order valence-electron chi connectivity index (χ1n) is 4.19. The van der Waals surface area contributed by atoms with Gasteiger partial charge in [-0.15, -0.1) is 0 Å². The van der Waals surface area contributed by atoms with Crippen molar-refractivity contribution in [3.8, 4) is 0 Å². The molecule has 0 saturated carbocycles. The van der Waals surface area contributed by atoms with E-state index in [2.05, 4.69) is 5.32 Å². The maximum atomic E-state index is 12.1. The van der Waals surface area contributed by atoms with Gasteiger partial charge in [0.2, 0.25) is 0 Å². The van der Waals surface area contributed by atoms with Crippen LogP contribution in [0.4, 0.5) is 0 Å². The number of hydrogen-bond acceptors (Lipinski definition) is 3. The lowest BCUT2D eigenvalue weighted by molar-refractivity contribution is 0.461. The second-order valence-corrected chi connectivity index (χ2v) is 8.00. The molecule has 12 heavy (non-hydrogen) atoms. The van der Waals surface area contributed by atoms with Gasteiger partial charge in [-0.2, -0.15) is 0 Å². The molecule has 1 saturated heterocycles. The molecular weight excluding hydrogens is 172 g/mol. The Hall–Kier alpha value is -0.0900. The summed E-state index contributed by atoms with van der Waals surface area (Å²) in [4.78, 5) is 0. The fraction of sp³-hybridized carbons (Fsp3) is 1.00. The Morgan fingerprint density at radius 3 is 1.75 bits per heavy atom. The largest absolute Gasteiger partial charge is 0.314 e. The van der Waals surface area contributed by atoms with Gasteiger partial charge in [0, 0.05) is 13.1 Å². The molecule has 0 aromatic carbocycles. The monoisotopic (exact) mass is 190 g/mol. The minimum Gasteiger partial charge on any atom is -0.314 e. The van der Waals surface area contributed by atoms with E-state index in [9.17, 15) is 4.21 Å². The van der Waals surface area contributed by atoms with E-state index >= 15 is 0 Å². The third-order valence-corrected chi connectivity index (χ3v) is 6.06. The summed E-state index contributed by atoms with van der Waals surface area (Å²) in [6.07, 6.45) is 0. The average Bonchev–Trinajstić information content (AvgIpc) is 1.83. The molecule has 0 atom stereocenters. The summed E-state index contributed by atoms with van der Waals surface area (Å²) in [5.74, 6) is 0. The zero-order valence-electron chi connectivity index (χ0n) is 8.23. The van der Waals surface area contributed by atoms with E-state index in [1.54, 1.807) is 0 Å². The summed E-state index contributed by atoms with van der Waals surface area (Å²) in [6, 6.07) is 0. The SMILES string of the molecule is CC1(C)CNCC(C)(C)S1(=N)=O. The Labute approximate surface area is 74.9 Å². The molecule has 1 aliphatic rings. The predicted octanol–water partition coefficient (Wildman–Crippen LogP) is 1.19. The molecule has 0 bridgehead atoms. The number of nitrogens with one attached hydrogen (secondary N) is 2. The molecule has 0 unspecified atom stereocenters. The molecular formula is C8H18N2OS. The highest BCUT2D eigenvalue weighted by atomic mass is 32.2. The van der Waals surface area contributed by atoms with Crippen molar-refractivity contribution in [3.63, 3.8) is 0 Å². The zero-order valence-corrected chi connectivity index (χ0v) is 9.05. The molecule has 1 aliphatic heterocycles. The molecule has 1 rings (SSSR count). The van der Waals surface area contributed by atoms with Gasteiger partial charge >= 0.3 is 0 Å². The number of rotatable bonds is 0. The molecule has 2 N–H and O–H groups in total. The average molecular weight is 190 g/mol. The third-order valence-electron chi connectivity index (χ3n) is 2.66. The van der Waals surface area contributed by atoms with E-state index in [0.29, 0.717) is 13.1 Å². The van der Waals surface area contributed by atoms with Crippen molar-refractivity contribution in [2.75, 3.05) is 13.1 Å². The first kappa shape index (κ1) is 9.99. The lowest BCUT2D eigenvalue weighted by Gasteiger charge is -2.43. The Bertz CT molecular complexity index is 255. The minimum absolute atomic E-state index is 0.408. The fourth-order valence-electron chi connectivity index (χ4n) is 1.62. The Morgan fingerprint density at radius 1 is 1.17 bits per heavy atom. The van der Waals surface area contributed by atoms with E-state index in [0.717, 1.165) is 0 Å². The van der Waals surface area contributed by atoms with Crippen molar-refractivity contribution in [2.45, 2.75) is 37.2 Å². The van der Waals surface area contributed by atoms with Crippen molar-refractivity contribution in [1.29, 1.82) is 4.78 Å². The summed E-state index contributed by atoms with van der Waals surface area (Å²) in [6.45, 7) is 8.95. The Morgan fingerprint density at radius 2 is 1.50 bits per heavy atom. The zero-order chi connectivity index (χ0) is 9.62. The van der Waals surface area contributed by atoms with Crippen LogP contribution in [-0.2, 0) is 9.73 Å². The third kappa shape index (κ3) is 1.17. The van der Waals surface area contributed by atoms with Gasteiger partial charge in [-0.05, 0) is 27.7 Å².